The van der Waals surface area contributed by atoms with E-state index in [0.29, 0.717) is 18.3 Å². The van der Waals surface area contributed by atoms with E-state index in [0.717, 1.165) is 46.2 Å². The highest BCUT2D eigenvalue weighted by Gasteiger charge is 2.11. The van der Waals surface area contributed by atoms with Crippen LogP contribution in [0.4, 0.5) is 5.95 Å². The molecule has 0 radical (unpaired) electrons. The summed E-state index contributed by atoms with van der Waals surface area (Å²) in [5.41, 5.74) is 6.29. The van der Waals surface area contributed by atoms with Crippen molar-refractivity contribution in [3.8, 4) is 11.5 Å². The maximum atomic E-state index is 5.76. The average Bonchev–Trinajstić information content (AvgIpc) is 3.06. The van der Waals surface area contributed by atoms with Crippen molar-refractivity contribution < 1.29 is 9.47 Å². The van der Waals surface area contributed by atoms with E-state index >= 15 is 0 Å². The van der Waals surface area contributed by atoms with Gasteiger partial charge in [-0.1, -0.05) is 31.5 Å². The van der Waals surface area contributed by atoms with Gasteiger partial charge in [0.25, 0.3) is 5.95 Å². The van der Waals surface area contributed by atoms with Gasteiger partial charge >= 0.3 is 0 Å². The molecule has 154 valence electrons. The van der Waals surface area contributed by atoms with Crippen molar-refractivity contribution in [1.29, 1.82) is 0 Å². The van der Waals surface area contributed by atoms with Crippen molar-refractivity contribution in [2.75, 3.05) is 19.1 Å². The third-order valence-electron chi connectivity index (χ3n) is 4.83. The van der Waals surface area contributed by atoms with Crippen LogP contribution in [0.25, 0.3) is 22.1 Å². The van der Waals surface area contributed by atoms with Gasteiger partial charge in [-0.25, -0.2) is 5.43 Å². The zero-order chi connectivity index (χ0) is 20.9. The molecule has 0 unspecified atom stereocenters. The quantitative estimate of drug-likeness (QED) is 0.270. The van der Waals surface area contributed by atoms with E-state index in [1.165, 1.54) is 0 Å². The largest absolute Gasteiger partial charge is 0.493 e. The lowest BCUT2D eigenvalue weighted by atomic mass is 10.2. The molecule has 2 heterocycles. The summed E-state index contributed by atoms with van der Waals surface area (Å²) in [4.78, 5) is 4.55. The molecular formula is C22H24N6O2. The minimum Gasteiger partial charge on any atom is -0.493 e. The number of benzene rings is 2. The molecule has 0 aliphatic carbocycles. The Morgan fingerprint density at radius 1 is 1.13 bits per heavy atom. The van der Waals surface area contributed by atoms with Crippen LogP contribution >= 0.6 is 0 Å². The first-order chi connectivity index (χ1) is 14.7. The first kappa shape index (κ1) is 19.6. The van der Waals surface area contributed by atoms with Crippen molar-refractivity contribution in [3.05, 3.63) is 48.0 Å². The van der Waals surface area contributed by atoms with Crippen LogP contribution in [-0.2, 0) is 7.05 Å². The summed E-state index contributed by atoms with van der Waals surface area (Å²) in [6, 6.07) is 13.7. The van der Waals surface area contributed by atoms with E-state index in [-0.39, 0.29) is 0 Å². The maximum absolute atomic E-state index is 5.76. The number of hydrogen-bond donors (Lipinski definition) is 1. The second-order valence-electron chi connectivity index (χ2n) is 6.87. The van der Waals surface area contributed by atoms with Crippen molar-refractivity contribution in [1.82, 2.24) is 19.7 Å². The first-order valence-corrected chi connectivity index (χ1v) is 9.89. The summed E-state index contributed by atoms with van der Waals surface area (Å²) in [6.07, 6.45) is 3.76. The molecule has 4 rings (SSSR count). The highest BCUT2D eigenvalue weighted by atomic mass is 16.5. The number of hydrogen-bond acceptors (Lipinski definition) is 7. The summed E-state index contributed by atoms with van der Waals surface area (Å²) in [7, 11) is 3.59. The molecule has 2 aromatic carbocycles. The third-order valence-corrected chi connectivity index (χ3v) is 4.83. The highest BCUT2D eigenvalue weighted by molar-refractivity contribution is 6.04. The van der Waals surface area contributed by atoms with Crippen LogP contribution in [0.3, 0.4) is 0 Å². The minimum atomic E-state index is 0.330. The molecule has 0 aliphatic heterocycles. The number of nitrogens with one attached hydrogen (secondary N) is 1. The van der Waals surface area contributed by atoms with E-state index in [9.17, 15) is 0 Å². The first-order valence-electron chi connectivity index (χ1n) is 9.89. The van der Waals surface area contributed by atoms with E-state index in [2.05, 4.69) is 32.6 Å². The number of nitrogens with zero attached hydrogens (tertiary/aromatic N) is 5. The fourth-order valence-corrected chi connectivity index (χ4v) is 3.23. The lowest BCUT2D eigenvalue weighted by molar-refractivity contribution is 0.288. The molecule has 0 spiro atoms. The number of fused-ring (bicyclic) bond motifs is 3. The van der Waals surface area contributed by atoms with Gasteiger partial charge in [0.05, 0.1) is 25.4 Å². The van der Waals surface area contributed by atoms with Crippen LogP contribution in [0.5, 0.6) is 11.5 Å². The summed E-state index contributed by atoms with van der Waals surface area (Å²) in [5, 5.41) is 13.7. The molecule has 0 atom stereocenters. The van der Waals surface area contributed by atoms with Gasteiger partial charge in [-0.05, 0) is 36.2 Å². The van der Waals surface area contributed by atoms with Gasteiger partial charge in [0, 0.05) is 12.4 Å². The number of aryl methyl sites for hydroxylation is 1. The number of rotatable bonds is 8. The Morgan fingerprint density at radius 3 is 2.83 bits per heavy atom. The van der Waals surface area contributed by atoms with Crippen LogP contribution in [-0.4, -0.2) is 39.7 Å². The van der Waals surface area contributed by atoms with E-state index < -0.39 is 0 Å². The molecule has 2 aromatic heterocycles. The van der Waals surface area contributed by atoms with Gasteiger partial charge in [-0.3, -0.25) is 0 Å². The smallest absolute Gasteiger partial charge is 0.265 e. The SMILES string of the molecule is CCCCOc1ccc(/C=N/Nc2nnc3c4ccccc4n(C)c3n2)cc1OC. The fourth-order valence-electron chi connectivity index (χ4n) is 3.23. The summed E-state index contributed by atoms with van der Waals surface area (Å²) >= 11 is 0. The van der Waals surface area contributed by atoms with Crippen LogP contribution in [0.2, 0.25) is 0 Å². The Kier molecular flexibility index (Phi) is 5.74. The molecule has 30 heavy (non-hydrogen) atoms. The standard InChI is InChI=1S/C22H24N6O2/c1-4-5-12-30-18-11-10-15(13-19(18)29-3)14-23-26-22-24-21-20(25-27-22)16-8-6-7-9-17(16)28(21)2/h6-11,13-14H,4-5,12H2,1-3H3,(H,24,26,27)/b23-14+. The zero-order valence-corrected chi connectivity index (χ0v) is 17.3. The Balaban J connectivity index is 1.50. The van der Waals surface area contributed by atoms with Crippen LogP contribution in [0.15, 0.2) is 47.6 Å². The highest BCUT2D eigenvalue weighted by Crippen LogP contribution is 2.28. The van der Waals surface area contributed by atoms with Crippen molar-refractivity contribution in [3.63, 3.8) is 0 Å². The van der Waals surface area contributed by atoms with E-state index in [1.807, 2.05) is 54.1 Å². The average molecular weight is 404 g/mol. The number of anilines is 1. The number of aromatic nitrogens is 4. The number of ether oxygens (including phenoxy) is 2. The second kappa shape index (κ2) is 8.77. The van der Waals surface area contributed by atoms with Crippen LogP contribution in [0.1, 0.15) is 25.3 Å². The normalized spacial score (nSPS) is 11.4. The van der Waals surface area contributed by atoms with Crippen molar-refractivity contribution >= 4 is 34.2 Å². The van der Waals surface area contributed by atoms with Crippen molar-refractivity contribution in [2.24, 2.45) is 12.1 Å². The molecule has 0 fully saturated rings. The number of unbranched alkanes of at least 4 members (excludes halogenated alkanes) is 1. The molecular weight excluding hydrogens is 380 g/mol. The molecule has 4 aromatic rings. The molecule has 0 aliphatic rings. The molecule has 0 saturated carbocycles. The van der Waals surface area contributed by atoms with Gasteiger partial charge in [0.15, 0.2) is 17.1 Å². The summed E-state index contributed by atoms with van der Waals surface area (Å²) < 4.78 is 13.2. The Bertz CT molecular complexity index is 1200. The number of methoxy groups -OCH3 is 1. The van der Waals surface area contributed by atoms with E-state index in [4.69, 9.17) is 9.47 Å². The Labute approximate surface area is 174 Å². The van der Waals surface area contributed by atoms with Crippen LogP contribution in [0, 0.1) is 0 Å². The van der Waals surface area contributed by atoms with Crippen molar-refractivity contribution in [2.45, 2.75) is 19.8 Å². The molecule has 1 N–H and O–H groups in total. The van der Waals surface area contributed by atoms with E-state index in [1.54, 1.807) is 13.3 Å². The van der Waals surface area contributed by atoms with Gasteiger partial charge in [0.2, 0.25) is 0 Å². The summed E-state index contributed by atoms with van der Waals surface area (Å²) in [5.74, 6) is 1.73. The topological polar surface area (TPSA) is 86.5 Å². The molecule has 0 amide bonds. The monoisotopic (exact) mass is 404 g/mol. The fraction of sp³-hybridized carbons (Fsp3) is 0.273. The number of para-hydroxylation sites is 1. The lowest BCUT2D eigenvalue weighted by Gasteiger charge is -2.10. The lowest BCUT2D eigenvalue weighted by Crippen LogP contribution is -2.01. The van der Waals surface area contributed by atoms with Crippen LogP contribution < -0.4 is 14.9 Å². The van der Waals surface area contributed by atoms with Gasteiger partial charge in [0.1, 0.15) is 5.52 Å². The molecule has 0 bridgehead atoms. The number of hydrazone groups is 1. The predicted octanol–water partition coefficient (Wildman–Crippen LogP) is 4.15. The molecule has 8 nitrogen and oxygen atoms in total. The van der Waals surface area contributed by atoms with Gasteiger partial charge in [-0.2, -0.15) is 10.1 Å². The summed E-state index contributed by atoms with van der Waals surface area (Å²) in [6.45, 7) is 2.80. The second-order valence-corrected chi connectivity index (χ2v) is 6.87. The minimum absolute atomic E-state index is 0.330. The molecule has 0 saturated heterocycles. The zero-order valence-electron chi connectivity index (χ0n) is 17.3. The third kappa shape index (κ3) is 3.89. The Hall–Kier alpha value is -3.68. The maximum Gasteiger partial charge on any atom is 0.265 e. The Morgan fingerprint density at radius 2 is 2.00 bits per heavy atom. The predicted molar refractivity (Wildman–Crippen MR) is 118 cm³/mol. The van der Waals surface area contributed by atoms with Gasteiger partial charge in [-0.15, -0.1) is 10.2 Å². The molecule has 8 heteroatoms. The van der Waals surface area contributed by atoms with Gasteiger partial charge < -0.3 is 14.0 Å².